The smallest absolute Gasteiger partial charge is 0.320 e. The molecule has 2 atom stereocenters. The van der Waals surface area contributed by atoms with E-state index in [2.05, 4.69) is 0 Å². The second-order valence-electron chi connectivity index (χ2n) is 8.84. The van der Waals surface area contributed by atoms with Crippen LogP contribution in [0.5, 0.6) is 0 Å². The molecule has 0 spiro atoms. The number of ether oxygens (including phenoxy) is 1. The maximum absolute atomic E-state index is 13.5. The van der Waals surface area contributed by atoms with E-state index in [1.165, 1.54) is 13.2 Å². The van der Waals surface area contributed by atoms with Crippen molar-refractivity contribution in [3.05, 3.63) is 39.9 Å². The number of nitro benzene ring substituents is 1. The van der Waals surface area contributed by atoms with Crippen molar-refractivity contribution in [2.24, 2.45) is 17.8 Å². The fourth-order valence-electron chi connectivity index (χ4n) is 4.46. The molecular weight excluding hydrogens is 386 g/mol. The summed E-state index contributed by atoms with van der Waals surface area (Å²) in [5.41, 5.74) is 0.574. The van der Waals surface area contributed by atoms with Gasteiger partial charge in [-0.2, -0.15) is 0 Å². The molecule has 0 aromatic heterocycles. The average Bonchev–Trinajstić information content (AvgIpc) is 3.65. The quantitative estimate of drug-likeness (QED) is 0.369. The molecule has 4 rings (SSSR count). The van der Waals surface area contributed by atoms with Crippen molar-refractivity contribution >= 4 is 17.7 Å². The average molecular weight is 415 g/mol. The molecule has 3 fully saturated rings. The van der Waals surface area contributed by atoms with E-state index in [1.807, 2.05) is 9.80 Å². The Morgan fingerprint density at radius 1 is 1.13 bits per heavy atom. The molecule has 2 unspecified atom stereocenters. The summed E-state index contributed by atoms with van der Waals surface area (Å²) < 4.78 is 5.09. The third-order valence-corrected chi connectivity index (χ3v) is 6.54. The highest BCUT2D eigenvalue weighted by molar-refractivity contribution is 5.79. The van der Waals surface area contributed by atoms with Crippen molar-refractivity contribution in [2.45, 2.75) is 44.6 Å². The molecule has 1 aromatic carbocycles. The molecular formula is C22H29N3O5. The molecule has 2 amide bonds. The largest absolute Gasteiger partial charge is 0.469 e. The van der Waals surface area contributed by atoms with Crippen LogP contribution < -0.4 is 0 Å². The second kappa shape index (κ2) is 8.62. The van der Waals surface area contributed by atoms with Crippen LogP contribution in [-0.2, 0) is 16.0 Å². The number of urea groups is 1. The van der Waals surface area contributed by atoms with Crippen LogP contribution in [0.4, 0.5) is 10.5 Å². The number of carbonyl (C=O) groups excluding carboxylic acids is 2. The van der Waals surface area contributed by atoms with Crippen molar-refractivity contribution in [2.75, 3.05) is 26.7 Å². The monoisotopic (exact) mass is 415 g/mol. The summed E-state index contributed by atoms with van der Waals surface area (Å²) in [6.45, 7) is 1.84. The summed E-state index contributed by atoms with van der Waals surface area (Å²) in [5, 5.41) is 11.5. The minimum Gasteiger partial charge on any atom is -0.469 e. The van der Waals surface area contributed by atoms with Crippen molar-refractivity contribution in [3.8, 4) is 0 Å². The van der Waals surface area contributed by atoms with E-state index in [4.69, 9.17) is 4.74 Å². The number of benzene rings is 1. The number of nitro groups is 1. The van der Waals surface area contributed by atoms with Gasteiger partial charge in [-0.3, -0.25) is 14.9 Å². The first-order chi connectivity index (χ1) is 14.5. The standard InChI is InChI=1S/C22H29N3O5/c1-30-21(26)18-10-11-23(13-15-6-7-15)22(27)24(14-16-8-9-16)20(18)12-17-4-2-3-5-19(17)25(28)29/h2-5,15-16,18,20H,6-14H2,1H3. The van der Waals surface area contributed by atoms with Crippen LogP contribution in [0.25, 0.3) is 0 Å². The molecule has 8 heteroatoms. The number of nitrogens with zero attached hydrogens (tertiary/aromatic N) is 3. The highest BCUT2D eigenvalue weighted by Gasteiger charge is 2.44. The van der Waals surface area contributed by atoms with Gasteiger partial charge in [0.1, 0.15) is 0 Å². The summed E-state index contributed by atoms with van der Waals surface area (Å²) in [4.78, 5) is 41.1. The number of esters is 1. The van der Waals surface area contributed by atoms with E-state index in [9.17, 15) is 19.7 Å². The van der Waals surface area contributed by atoms with E-state index >= 15 is 0 Å². The van der Waals surface area contributed by atoms with Crippen LogP contribution in [0.2, 0.25) is 0 Å². The van der Waals surface area contributed by atoms with Gasteiger partial charge in [-0.1, -0.05) is 18.2 Å². The Labute approximate surface area is 176 Å². The fourth-order valence-corrected chi connectivity index (χ4v) is 4.46. The Morgan fingerprint density at radius 2 is 1.80 bits per heavy atom. The van der Waals surface area contributed by atoms with Crippen molar-refractivity contribution in [1.29, 1.82) is 0 Å². The van der Waals surface area contributed by atoms with Gasteiger partial charge in [0.2, 0.25) is 0 Å². The van der Waals surface area contributed by atoms with Gasteiger partial charge in [0.25, 0.3) is 5.69 Å². The van der Waals surface area contributed by atoms with Gasteiger partial charge in [-0.25, -0.2) is 4.79 Å². The van der Waals surface area contributed by atoms with E-state index in [1.54, 1.807) is 18.2 Å². The van der Waals surface area contributed by atoms with E-state index in [-0.39, 0.29) is 24.1 Å². The molecule has 1 aromatic rings. The van der Waals surface area contributed by atoms with E-state index in [0.717, 1.165) is 32.2 Å². The number of hydrogen-bond acceptors (Lipinski definition) is 5. The highest BCUT2D eigenvalue weighted by atomic mass is 16.6. The maximum atomic E-state index is 13.5. The number of hydrogen-bond donors (Lipinski definition) is 0. The Balaban J connectivity index is 1.68. The minimum absolute atomic E-state index is 0.0269. The van der Waals surface area contributed by atoms with Crippen molar-refractivity contribution in [3.63, 3.8) is 0 Å². The van der Waals surface area contributed by atoms with Crippen molar-refractivity contribution < 1.29 is 19.2 Å². The zero-order valence-corrected chi connectivity index (χ0v) is 17.4. The Hall–Kier alpha value is -2.64. The summed E-state index contributed by atoms with van der Waals surface area (Å²) >= 11 is 0. The normalized spacial score (nSPS) is 24.5. The lowest BCUT2D eigenvalue weighted by atomic mass is 9.89. The van der Waals surface area contributed by atoms with Gasteiger partial charge in [-0.05, 0) is 43.9 Å². The summed E-state index contributed by atoms with van der Waals surface area (Å²) in [5.74, 6) is 0.156. The number of carbonyl (C=O) groups is 2. The molecule has 162 valence electrons. The molecule has 30 heavy (non-hydrogen) atoms. The molecule has 2 saturated carbocycles. The van der Waals surface area contributed by atoms with Gasteiger partial charge in [0.15, 0.2) is 0 Å². The lowest BCUT2D eigenvalue weighted by molar-refractivity contribution is -0.385. The van der Waals surface area contributed by atoms with Crippen LogP contribution in [0.15, 0.2) is 24.3 Å². The molecule has 2 aliphatic carbocycles. The minimum atomic E-state index is -0.498. The molecule has 0 radical (unpaired) electrons. The Bertz CT molecular complexity index is 821. The van der Waals surface area contributed by atoms with E-state index in [0.29, 0.717) is 36.9 Å². The third kappa shape index (κ3) is 4.57. The van der Waals surface area contributed by atoms with Crippen LogP contribution in [0, 0.1) is 27.9 Å². The fraction of sp³-hybridized carbons (Fsp3) is 0.636. The van der Waals surface area contributed by atoms with Gasteiger partial charge >= 0.3 is 12.0 Å². The van der Waals surface area contributed by atoms with Crippen molar-refractivity contribution in [1.82, 2.24) is 9.80 Å². The van der Waals surface area contributed by atoms with Gasteiger partial charge in [0, 0.05) is 37.7 Å². The molecule has 0 N–H and O–H groups in total. The highest BCUT2D eigenvalue weighted by Crippen LogP contribution is 2.37. The maximum Gasteiger partial charge on any atom is 0.320 e. The summed E-state index contributed by atoms with van der Waals surface area (Å²) in [6, 6.07) is 6.11. The topological polar surface area (TPSA) is 93.0 Å². The van der Waals surface area contributed by atoms with Crippen LogP contribution in [0.3, 0.4) is 0 Å². The first-order valence-electron chi connectivity index (χ1n) is 10.8. The third-order valence-electron chi connectivity index (χ3n) is 6.54. The molecule has 3 aliphatic rings. The number of amides is 2. The first-order valence-corrected chi connectivity index (χ1v) is 10.8. The lowest BCUT2D eigenvalue weighted by Crippen LogP contribution is -2.51. The summed E-state index contributed by atoms with van der Waals surface area (Å²) in [6.07, 6.45) is 5.23. The van der Waals surface area contributed by atoms with E-state index < -0.39 is 16.9 Å². The summed E-state index contributed by atoms with van der Waals surface area (Å²) in [7, 11) is 1.37. The lowest BCUT2D eigenvalue weighted by Gasteiger charge is -2.35. The second-order valence-corrected chi connectivity index (χ2v) is 8.84. The van der Waals surface area contributed by atoms with Gasteiger partial charge in [-0.15, -0.1) is 0 Å². The number of methoxy groups -OCH3 is 1. The number of para-hydroxylation sites is 1. The van der Waals surface area contributed by atoms with Gasteiger partial charge < -0.3 is 14.5 Å². The van der Waals surface area contributed by atoms with Crippen LogP contribution >= 0.6 is 0 Å². The predicted octanol–water partition coefficient (Wildman–Crippen LogP) is 3.24. The first kappa shape index (κ1) is 20.6. The van der Waals surface area contributed by atoms with Crippen LogP contribution in [-0.4, -0.2) is 59.5 Å². The molecule has 1 aliphatic heterocycles. The van der Waals surface area contributed by atoms with Crippen LogP contribution in [0.1, 0.15) is 37.7 Å². The Kier molecular flexibility index (Phi) is 5.92. The molecule has 0 bridgehead atoms. The zero-order chi connectivity index (χ0) is 21.3. The molecule has 1 heterocycles. The SMILES string of the molecule is COC(=O)C1CCN(CC2CC2)C(=O)N(CC2CC2)C1Cc1ccccc1[N+](=O)[O-]. The number of rotatable bonds is 8. The Morgan fingerprint density at radius 3 is 2.43 bits per heavy atom. The molecule has 1 saturated heterocycles. The zero-order valence-electron chi connectivity index (χ0n) is 17.4. The predicted molar refractivity (Wildman–Crippen MR) is 110 cm³/mol. The molecule has 8 nitrogen and oxygen atoms in total. The van der Waals surface area contributed by atoms with Gasteiger partial charge in [0.05, 0.1) is 24.0 Å².